The van der Waals surface area contributed by atoms with Crippen LogP contribution in [0.5, 0.6) is 5.75 Å². The number of carbonyl (C=O) groups excluding carboxylic acids is 2. The van der Waals surface area contributed by atoms with E-state index in [0.717, 1.165) is 22.4 Å². The number of amides is 1. The lowest BCUT2D eigenvalue weighted by atomic mass is 10.0. The second-order valence-electron chi connectivity index (χ2n) is 6.26. The van der Waals surface area contributed by atoms with Gasteiger partial charge in [0.25, 0.3) is 5.91 Å². The van der Waals surface area contributed by atoms with Crippen molar-refractivity contribution < 1.29 is 19.1 Å². The highest BCUT2D eigenvalue weighted by atomic mass is 35.5. The number of nitrogens with one attached hydrogen (secondary N) is 1. The second kappa shape index (κ2) is 9.11. The van der Waals surface area contributed by atoms with Gasteiger partial charge in [-0.2, -0.15) is 0 Å². The maximum absolute atomic E-state index is 12.3. The normalized spacial score (nSPS) is 11.6. The molecule has 1 amide bonds. The van der Waals surface area contributed by atoms with E-state index in [-0.39, 0.29) is 11.6 Å². The van der Waals surface area contributed by atoms with Crippen LogP contribution in [0.4, 0.5) is 5.69 Å². The van der Waals surface area contributed by atoms with Crippen LogP contribution in [-0.4, -0.2) is 24.6 Å². The number of benzene rings is 2. The summed E-state index contributed by atoms with van der Waals surface area (Å²) in [5, 5.41) is 3.55. The predicted octanol–water partition coefficient (Wildman–Crippen LogP) is 4.87. The van der Waals surface area contributed by atoms with Gasteiger partial charge in [0.2, 0.25) is 0 Å². The van der Waals surface area contributed by atoms with Crippen LogP contribution in [0, 0.1) is 20.8 Å². The largest absolute Gasteiger partial charge is 0.480 e. The van der Waals surface area contributed by atoms with Gasteiger partial charge in [-0.25, -0.2) is 4.79 Å². The van der Waals surface area contributed by atoms with E-state index >= 15 is 0 Å². The Morgan fingerprint density at radius 2 is 1.70 bits per heavy atom. The van der Waals surface area contributed by atoms with Gasteiger partial charge >= 0.3 is 5.97 Å². The van der Waals surface area contributed by atoms with Crippen LogP contribution < -0.4 is 10.1 Å². The fraction of sp³-hybridized carbons (Fsp3) is 0.300. The van der Waals surface area contributed by atoms with Crippen LogP contribution in [0.2, 0.25) is 10.0 Å². The summed E-state index contributed by atoms with van der Waals surface area (Å²) in [6.07, 6.45) is -0.970. The van der Waals surface area contributed by atoms with Crippen LogP contribution in [0.15, 0.2) is 30.3 Å². The molecule has 0 aliphatic heterocycles. The summed E-state index contributed by atoms with van der Waals surface area (Å²) in [6, 6.07) is 8.60. The highest BCUT2D eigenvalue weighted by Gasteiger charge is 2.20. The molecule has 0 saturated carbocycles. The Labute approximate surface area is 168 Å². The monoisotopic (exact) mass is 409 g/mol. The molecule has 5 nitrogen and oxygen atoms in total. The van der Waals surface area contributed by atoms with E-state index in [4.69, 9.17) is 32.7 Å². The summed E-state index contributed by atoms with van der Waals surface area (Å²) in [5.41, 5.74) is 3.72. The van der Waals surface area contributed by atoms with Gasteiger partial charge in [-0.3, -0.25) is 4.79 Å². The van der Waals surface area contributed by atoms with Gasteiger partial charge in [-0.15, -0.1) is 0 Å². The molecule has 1 N–H and O–H groups in total. The minimum absolute atomic E-state index is 0.284. The minimum atomic E-state index is -0.970. The topological polar surface area (TPSA) is 64.6 Å². The van der Waals surface area contributed by atoms with Crippen LogP contribution in [0.25, 0.3) is 0 Å². The van der Waals surface area contributed by atoms with Crippen molar-refractivity contribution in [2.45, 2.75) is 33.8 Å². The number of anilines is 1. The standard InChI is InChI=1S/C20H21Cl2NO4/c1-11-7-12(2)19(13(3)8-11)23-20(25)14(4)27-18(24)10-26-17-6-5-15(21)9-16(17)22/h5-9,14H,10H2,1-4H3,(H,23,25)/t14-/m0/s1. The summed E-state index contributed by atoms with van der Waals surface area (Å²) in [6.45, 7) is 6.94. The molecular formula is C20H21Cl2NO4. The van der Waals surface area contributed by atoms with Crippen LogP contribution >= 0.6 is 23.2 Å². The summed E-state index contributed by atoms with van der Waals surface area (Å²) in [7, 11) is 0. The molecule has 0 bridgehead atoms. The summed E-state index contributed by atoms with van der Waals surface area (Å²) in [4.78, 5) is 24.3. The molecule has 0 aliphatic carbocycles. The molecule has 0 unspecified atom stereocenters. The van der Waals surface area contributed by atoms with Gasteiger partial charge in [0.15, 0.2) is 12.7 Å². The molecule has 2 aromatic carbocycles. The summed E-state index contributed by atoms with van der Waals surface area (Å²) >= 11 is 11.8. The van der Waals surface area contributed by atoms with Crippen molar-refractivity contribution in [3.05, 3.63) is 57.1 Å². The summed E-state index contributed by atoms with van der Waals surface area (Å²) < 4.78 is 10.4. The number of hydrogen-bond acceptors (Lipinski definition) is 4. The van der Waals surface area contributed by atoms with Gasteiger partial charge in [0.1, 0.15) is 5.75 Å². The molecule has 7 heteroatoms. The number of rotatable bonds is 6. The Hall–Kier alpha value is -2.24. The van der Waals surface area contributed by atoms with Crippen molar-refractivity contribution >= 4 is 40.8 Å². The molecule has 0 aromatic heterocycles. The summed E-state index contributed by atoms with van der Waals surface area (Å²) in [5.74, 6) is -0.787. The number of hydrogen-bond donors (Lipinski definition) is 1. The van der Waals surface area contributed by atoms with E-state index < -0.39 is 18.0 Å². The average Bonchev–Trinajstić information content (AvgIpc) is 2.57. The zero-order chi connectivity index (χ0) is 20.1. The van der Waals surface area contributed by atoms with E-state index in [2.05, 4.69) is 5.32 Å². The third-order valence-corrected chi connectivity index (χ3v) is 4.37. The maximum Gasteiger partial charge on any atom is 0.344 e. The van der Waals surface area contributed by atoms with E-state index in [1.165, 1.54) is 13.0 Å². The van der Waals surface area contributed by atoms with Crippen molar-refractivity contribution in [1.29, 1.82) is 0 Å². The molecule has 0 saturated heterocycles. The second-order valence-corrected chi connectivity index (χ2v) is 7.10. The molecule has 2 rings (SSSR count). The van der Waals surface area contributed by atoms with Gasteiger partial charge in [-0.1, -0.05) is 40.9 Å². The Morgan fingerprint density at radius 1 is 1.07 bits per heavy atom. The first-order valence-electron chi connectivity index (χ1n) is 8.33. The smallest absolute Gasteiger partial charge is 0.344 e. The zero-order valence-electron chi connectivity index (χ0n) is 15.6. The molecular weight excluding hydrogens is 389 g/mol. The van der Waals surface area contributed by atoms with E-state index in [9.17, 15) is 9.59 Å². The van der Waals surface area contributed by atoms with E-state index in [1.807, 2.05) is 32.9 Å². The molecule has 0 radical (unpaired) electrons. The van der Waals surface area contributed by atoms with Gasteiger partial charge in [0, 0.05) is 10.7 Å². The first-order valence-corrected chi connectivity index (χ1v) is 9.09. The highest BCUT2D eigenvalue weighted by Crippen LogP contribution is 2.27. The van der Waals surface area contributed by atoms with Crippen LogP contribution in [-0.2, 0) is 14.3 Å². The maximum atomic E-state index is 12.3. The fourth-order valence-electron chi connectivity index (χ4n) is 2.62. The third-order valence-electron chi connectivity index (χ3n) is 3.84. The van der Waals surface area contributed by atoms with Crippen LogP contribution in [0.3, 0.4) is 0 Å². The lowest BCUT2D eigenvalue weighted by Crippen LogP contribution is -2.32. The average molecular weight is 410 g/mol. The fourth-order valence-corrected chi connectivity index (χ4v) is 3.08. The van der Waals surface area contributed by atoms with Gasteiger partial charge < -0.3 is 14.8 Å². The van der Waals surface area contributed by atoms with E-state index in [1.54, 1.807) is 12.1 Å². The van der Waals surface area contributed by atoms with Crippen LogP contribution in [0.1, 0.15) is 23.6 Å². The molecule has 0 aliphatic rings. The lowest BCUT2D eigenvalue weighted by Gasteiger charge is -2.17. The van der Waals surface area contributed by atoms with Crippen molar-refractivity contribution in [2.75, 3.05) is 11.9 Å². The predicted molar refractivity (Wildman–Crippen MR) is 107 cm³/mol. The molecule has 1 atom stereocenters. The van der Waals surface area contributed by atoms with Crippen molar-refractivity contribution in [3.63, 3.8) is 0 Å². The molecule has 2 aromatic rings. The quantitative estimate of drug-likeness (QED) is 0.691. The van der Waals surface area contributed by atoms with E-state index in [0.29, 0.717) is 10.8 Å². The lowest BCUT2D eigenvalue weighted by molar-refractivity contribution is -0.155. The van der Waals surface area contributed by atoms with Gasteiger partial charge in [0.05, 0.1) is 5.02 Å². The Kier molecular flexibility index (Phi) is 7.11. The number of halogens is 2. The number of ether oxygens (including phenoxy) is 2. The zero-order valence-corrected chi connectivity index (χ0v) is 17.1. The molecule has 0 spiro atoms. The van der Waals surface area contributed by atoms with Gasteiger partial charge in [-0.05, 0) is 57.0 Å². The number of carbonyl (C=O) groups is 2. The first kappa shape index (κ1) is 21.1. The molecule has 0 heterocycles. The van der Waals surface area contributed by atoms with Crippen molar-refractivity contribution in [3.8, 4) is 5.75 Å². The molecule has 144 valence electrons. The number of aryl methyl sites for hydroxylation is 3. The minimum Gasteiger partial charge on any atom is -0.480 e. The Bertz CT molecular complexity index is 844. The SMILES string of the molecule is Cc1cc(C)c(NC(=O)[C@H](C)OC(=O)COc2ccc(Cl)cc2Cl)c(C)c1. The molecule has 27 heavy (non-hydrogen) atoms. The highest BCUT2D eigenvalue weighted by molar-refractivity contribution is 6.35. The number of esters is 1. The Balaban J connectivity index is 1.91. The van der Waals surface area contributed by atoms with Crippen molar-refractivity contribution in [2.24, 2.45) is 0 Å². The third kappa shape index (κ3) is 5.88. The molecule has 0 fully saturated rings. The van der Waals surface area contributed by atoms with Crippen molar-refractivity contribution in [1.82, 2.24) is 0 Å². The first-order chi connectivity index (χ1) is 12.7. The Morgan fingerprint density at radius 3 is 2.30 bits per heavy atom.